The number of carbonyl (C=O) groups excluding carboxylic acids is 1. The van der Waals surface area contributed by atoms with Gasteiger partial charge >= 0.3 is 12.0 Å². The van der Waals surface area contributed by atoms with Crippen molar-refractivity contribution in [3.05, 3.63) is 22.4 Å². The minimum atomic E-state index is -1.07. The highest BCUT2D eigenvalue weighted by molar-refractivity contribution is 7.09. The van der Waals surface area contributed by atoms with Crippen LogP contribution in [-0.2, 0) is 11.3 Å². The van der Waals surface area contributed by atoms with Crippen molar-refractivity contribution in [3.63, 3.8) is 0 Å². The number of hydrogen-bond donors (Lipinski definition) is 2. The molecule has 1 saturated heterocycles. The van der Waals surface area contributed by atoms with Crippen molar-refractivity contribution in [2.24, 2.45) is 0 Å². The number of aliphatic hydroxyl groups excluding tert-OH is 1. The minimum Gasteiger partial charge on any atom is -0.480 e. The number of carboxylic acid groups (broad SMARTS) is 1. The van der Waals surface area contributed by atoms with Crippen LogP contribution in [-0.4, -0.2) is 56.7 Å². The second-order valence-corrected chi connectivity index (χ2v) is 6.51. The first kappa shape index (κ1) is 15.8. The molecule has 1 aliphatic rings. The van der Waals surface area contributed by atoms with Crippen LogP contribution in [0.25, 0.3) is 0 Å². The Morgan fingerprint density at radius 3 is 2.76 bits per heavy atom. The topological polar surface area (TPSA) is 81.1 Å². The number of thiophene rings is 1. The van der Waals surface area contributed by atoms with Crippen LogP contribution in [0.2, 0.25) is 0 Å². The lowest BCUT2D eigenvalue weighted by molar-refractivity contribution is -0.141. The molecule has 21 heavy (non-hydrogen) atoms. The van der Waals surface area contributed by atoms with Crippen molar-refractivity contribution < 1.29 is 19.8 Å². The zero-order valence-corrected chi connectivity index (χ0v) is 12.9. The Morgan fingerprint density at radius 2 is 2.24 bits per heavy atom. The molecule has 2 rings (SSSR count). The lowest BCUT2D eigenvalue weighted by Gasteiger charge is -2.32. The Kier molecular flexibility index (Phi) is 4.84. The van der Waals surface area contributed by atoms with Gasteiger partial charge in [0.05, 0.1) is 12.6 Å². The molecular weight excluding hydrogens is 292 g/mol. The van der Waals surface area contributed by atoms with Gasteiger partial charge in [-0.25, -0.2) is 9.59 Å². The van der Waals surface area contributed by atoms with E-state index in [1.54, 1.807) is 16.2 Å². The molecule has 7 heteroatoms. The second-order valence-electron chi connectivity index (χ2n) is 5.48. The van der Waals surface area contributed by atoms with Gasteiger partial charge in [0.1, 0.15) is 6.04 Å². The van der Waals surface area contributed by atoms with Gasteiger partial charge < -0.3 is 20.0 Å². The molecule has 6 nitrogen and oxygen atoms in total. The van der Waals surface area contributed by atoms with Gasteiger partial charge in [-0.05, 0) is 25.3 Å². The van der Waals surface area contributed by atoms with Crippen LogP contribution in [0.4, 0.5) is 4.79 Å². The molecule has 0 unspecified atom stereocenters. The molecule has 2 atom stereocenters. The fourth-order valence-corrected chi connectivity index (χ4v) is 3.17. The summed E-state index contributed by atoms with van der Waals surface area (Å²) >= 11 is 1.56. The number of likely N-dealkylation sites (tertiary alicyclic amines) is 1. The molecule has 2 N–H and O–H groups in total. The summed E-state index contributed by atoms with van der Waals surface area (Å²) in [4.78, 5) is 27.9. The van der Waals surface area contributed by atoms with Crippen LogP contribution in [0, 0.1) is 0 Å². The van der Waals surface area contributed by atoms with Crippen molar-refractivity contribution in [1.29, 1.82) is 0 Å². The van der Waals surface area contributed by atoms with Gasteiger partial charge in [-0.3, -0.25) is 0 Å². The van der Waals surface area contributed by atoms with Gasteiger partial charge in [0.15, 0.2) is 0 Å². The first-order chi connectivity index (χ1) is 9.90. The van der Waals surface area contributed by atoms with Gasteiger partial charge in [0.25, 0.3) is 0 Å². The molecule has 1 aromatic rings. The van der Waals surface area contributed by atoms with Gasteiger partial charge in [0.2, 0.25) is 0 Å². The highest BCUT2D eigenvalue weighted by Gasteiger charge is 2.41. The van der Waals surface area contributed by atoms with E-state index < -0.39 is 18.1 Å². The van der Waals surface area contributed by atoms with Crippen LogP contribution >= 0.6 is 11.3 Å². The van der Waals surface area contributed by atoms with Crippen LogP contribution in [0.5, 0.6) is 0 Å². The Balaban J connectivity index is 2.16. The molecule has 0 radical (unpaired) electrons. The standard InChI is InChI=1S/C14H20N2O4S/c1-9(2)15(8-11-4-3-5-21-11)14(20)16-7-10(17)6-12(16)13(18)19/h3-5,9-10,12,17H,6-8H2,1-2H3,(H,18,19)/t10-,12-/m1/s1. The maximum Gasteiger partial charge on any atom is 0.326 e. The predicted molar refractivity (Wildman–Crippen MR) is 79.1 cm³/mol. The molecule has 2 amide bonds. The lowest BCUT2D eigenvalue weighted by Crippen LogP contribution is -2.50. The van der Waals surface area contributed by atoms with Gasteiger partial charge in [0, 0.05) is 23.9 Å². The third kappa shape index (κ3) is 3.54. The van der Waals surface area contributed by atoms with Crippen molar-refractivity contribution in [2.75, 3.05) is 6.54 Å². The van der Waals surface area contributed by atoms with Crippen LogP contribution in [0.1, 0.15) is 25.1 Å². The molecule has 0 spiro atoms. The number of urea groups is 1. The van der Waals surface area contributed by atoms with E-state index in [4.69, 9.17) is 0 Å². The third-order valence-corrected chi connectivity index (χ3v) is 4.45. The number of aliphatic hydroxyl groups is 1. The summed E-state index contributed by atoms with van der Waals surface area (Å²) in [6, 6.07) is 2.54. The minimum absolute atomic E-state index is 0.0493. The Morgan fingerprint density at radius 1 is 1.52 bits per heavy atom. The van der Waals surface area contributed by atoms with Gasteiger partial charge in [-0.15, -0.1) is 11.3 Å². The second kappa shape index (κ2) is 6.44. The van der Waals surface area contributed by atoms with E-state index in [0.717, 1.165) is 4.88 Å². The van der Waals surface area contributed by atoms with Gasteiger partial charge in [-0.2, -0.15) is 0 Å². The van der Waals surface area contributed by atoms with Crippen molar-refractivity contribution >= 4 is 23.3 Å². The first-order valence-electron chi connectivity index (χ1n) is 6.90. The van der Waals surface area contributed by atoms with Crippen LogP contribution in [0.15, 0.2) is 17.5 Å². The molecule has 0 saturated carbocycles. The van der Waals surface area contributed by atoms with E-state index in [9.17, 15) is 19.8 Å². The molecule has 2 heterocycles. The molecule has 0 bridgehead atoms. The zero-order valence-electron chi connectivity index (χ0n) is 12.1. The van der Waals surface area contributed by atoms with E-state index >= 15 is 0 Å². The number of rotatable bonds is 4. The number of hydrogen-bond acceptors (Lipinski definition) is 4. The van der Waals surface area contributed by atoms with E-state index in [0.29, 0.717) is 6.54 Å². The highest BCUT2D eigenvalue weighted by Crippen LogP contribution is 2.23. The molecule has 1 aliphatic heterocycles. The number of carboxylic acids is 1. The fourth-order valence-electron chi connectivity index (χ4n) is 2.47. The first-order valence-corrected chi connectivity index (χ1v) is 7.78. The summed E-state index contributed by atoms with van der Waals surface area (Å²) < 4.78 is 0. The molecule has 0 aliphatic carbocycles. The molecule has 1 aromatic heterocycles. The number of amides is 2. The number of carbonyl (C=O) groups is 2. The van der Waals surface area contributed by atoms with Gasteiger partial charge in [-0.1, -0.05) is 6.07 Å². The van der Waals surface area contributed by atoms with E-state index in [1.807, 2.05) is 31.4 Å². The molecule has 0 aromatic carbocycles. The van der Waals surface area contributed by atoms with Crippen LogP contribution < -0.4 is 0 Å². The summed E-state index contributed by atoms with van der Waals surface area (Å²) in [5.74, 6) is -1.07. The molecule has 116 valence electrons. The maximum absolute atomic E-state index is 12.7. The predicted octanol–water partition coefficient (Wildman–Crippen LogP) is 1.60. The highest BCUT2D eigenvalue weighted by atomic mass is 32.1. The Hall–Kier alpha value is -1.60. The smallest absolute Gasteiger partial charge is 0.326 e. The third-order valence-electron chi connectivity index (χ3n) is 3.59. The van der Waals surface area contributed by atoms with E-state index in [1.165, 1.54) is 4.90 Å². The van der Waals surface area contributed by atoms with E-state index in [2.05, 4.69) is 0 Å². The average molecular weight is 312 g/mol. The molecular formula is C14H20N2O4S. The summed E-state index contributed by atoms with van der Waals surface area (Å²) in [6.07, 6.45) is -0.683. The SMILES string of the molecule is CC(C)N(Cc1cccs1)C(=O)N1C[C@H](O)C[C@@H]1C(=O)O. The fraction of sp³-hybridized carbons (Fsp3) is 0.571. The zero-order chi connectivity index (χ0) is 15.6. The summed E-state index contributed by atoms with van der Waals surface area (Å²) in [6.45, 7) is 4.32. The number of nitrogens with zero attached hydrogens (tertiary/aromatic N) is 2. The van der Waals surface area contributed by atoms with Crippen molar-refractivity contribution in [1.82, 2.24) is 9.80 Å². The van der Waals surface area contributed by atoms with Crippen molar-refractivity contribution in [2.45, 2.75) is 45.0 Å². The largest absolute Gasteiger partial charge is 0.480 e. The quantitative estimate of drug-likeness (QED) is 0.885. The van der Waals surface area contributed by atoms with Crippen molar-refractivity contribution in [3.8, 4) is 0 Å². The Labute approximate surface area is 127 Å². The summed E-state index contributed by atoms with van der Waals surface area (Å²) in [7, 11) is 0. The summed E-state index contributed by atoms with van der Waals surface area (Å²) in [5.41, 5.74) is 0. The maximum atomic E-state index is 12.7. The average Bonchev–Trinajstić information content (AvgIpc) is 3.03. The lowest BCUT2D eigenvalue weighted by atomic mass is 10.2. The molecule has 1 fully saturated rings. The Bertz CT molecular complexity index is 503. The monoisotopic (exact) mass is 312 g/mol. The normalized spacial score (nSPS) is 21.8. The van der Waals surface area contributed by atoms with E-state index in [-0.39, 0.29) is 25.0 Å². The van der Waals surface area contributed by atoms with Crippen LogP contribution in [0.3, 0.4) is 0 Å². The number of β-amino-alcohol motifs (C(OH)–C–C–N with tert-alkyl or cyclic N) is 1. The number of aliphatic carboxylic acids is 1. The summed E-state index contributed by atoms with van der Waals surface area (Å²) in [5, 5.41) is 20.8.